The lowest BCUT2D eigenvalue weighted by atomic mass is 10.0. The highest BCUT2D eigenvalue weighted by molar-refractivity contribution is 6.03. The number of ether oxygens (including phenoxy) is 2. The molecule has 0 fully saturated rings. The van der Waals surface area contributed by atoms with E-state index in [1.807, 2.05) is 75.4 Å². The number of carbonyl (C=O) groups is 2. The third-order valence-electron chi connectivity index (χ3n) is 6.63. The Morgan fingerprint density at radius 2 is 1.61 bits per heavy atom. The standard InChI is InChI=1S/C34H32N2O5/c1-34(2,3)41-33(39)36-27(19-22-8-9-23-6-4-5-7-25(23)18-22)21-40-28-13-10-24(11-14-28)26-12-15-31-30(20-26)29(32(37)38)16-17-35-31/h4-18,20,27H,19,21H2,1-3H3,(H,36,39)(H,37,38)/t27-/m0/s1. The topological polar surface area (TPSA) is 97.8 Å². The number of benzene rings is 4. The maximum absolute atomic E-state index is 12.6. The molecule has 0 aliphatic rings. The monoisotopic (exact) mass is 548 g/mol. The predicted molar refractivity (Wildman–Crippen MR) is 160 cm³/mol. The molecule has 1 heterocycles. The summed E-state index contributed by atoms with van der Waals surface area (Å²) < 4.78 is 11.6. The highest BCUT2D eigenvalue weighted by Gasteiger charge is 2.21. The first-order valence-corrected chi connectivity index (χ1v) is 13.5. The second-order valence-corrected chi connectivity index (χ2v) is 11.0. The van der Waals surface area contributed by atoms with Crippen molar-refractivity contribution in [2.24, 2.45) is 0 Å². The van der Waals surface area contributed by atoms with E-state index in [9.17, 15) is 14.7 Å². The number of rotatable bonds is 8. The minimum absolute atomic E-state index is 0.215. The van der Waals surface area contributed by atoms with E-state index in [0.29, 0.717) is 23.1 Å². The fraction of sp³-hybridized carbons (Fsp3) is 0.206. The van der Waals surface area contributed by atoms with Gasteiger partial charge in [-0.1, -0.05) is 60.7 Å². The van der Waals surface area contributed by atoms with E-state index < -0.39 is 17.7 Å². The number of carbonyl (C=O) groups excluding carboxylic acids is 1. The Labute approximate surface area is 238 Å². The normalized spacial score (nSPS) is 12.2. The molecule has 0 spiro atoms. The number of hydrogen-bond acceptors (Lipinski definition) is 5. The Balaban J connectivity index is 1.31. The Kier molecular flexibility index (Phi) is 7.88. The van der Waals surface area contributed by atoms with Crippen LogP contribution < -0.4 is 10.1 Å². The van der Waals surface area contributed by atoms with E-state index >= 15 is 0 Å². The Morgan fingerprint density at radius 3 is 2.34 bits per heavy atom. The van der Waals surface area contributed by atoms with Gasteiger partial charge in [-0.25, -0.2) is 9.59 Å². The highest BCUT2D eigenvalue weighted by Crippen LogP contribution is 2.27. The summed E-state index contributed by atoms with van der Waals surface area (Å²) in [5.41, 5.74) is 3.10. The van der Waals surface area contributed by atoms with Crippen LogP contribution in [0, 0.1) is 0 Å². The molecule has 5 rings (SSSR count). The van der Waals surface area contributed by atoms with Crippen LogP contribution in [0.25, 0.3) is 32.8 Å². The zero-order chi connectivity index (χ0) is 29.0. The molecule has 0 saturated heterocycles. The van der Waals surface area contributed by atoms with Crippen LogP contribution in [-0.4, -0.2) is 40.4 Å². The Morgan fingerprint density at radius 1 is 0.878 bits per heavy atom. The molecule has 208 valence electrons. The van der Waals surface area contributed by atoms with E-state index in [0.717, 1.165) is 27.5 Å². The molecule has 0 aliphatic heterocycles. The minimum Gasteiger partial charge on any atom is -0.491 e. The van der Waals surface area contributed by atoms with Crippen LogP contribution in [0.5, 0.6) is 5.75 Å². The second kappa shape index (κ2) is 11.7. The van der Waals surface area contributed by atoms with Gasteiger partial charge < -0.3 is 19.9 Å². The van der Waals surface area contributed by atoms with Gasteiger partial charge >= 0.3 is 12.1 Å². The first-order chi connectivity index (χ1) is 19.6. The van der Waals surface area contributed by atoms with Gasteiger partial charge in [-0.05, 0) is 85.0 Å². The smallest absolute Gasteiger partial charge is 0.408 e. The number of amides is 1. The average Bonchev–Trinajstić information content (AvgIpc) is 2.94. The number of nitrogens with one attached hydrogen (secondary N) is 1. The third kappa shape index (κ3) is 7.00. The van der Waals surface area contributed by atoms with Gasteiger partial charge in [0, 0.05) is 11.6 Å². The summed E-state index contributed by atoms with van der Waals surface area (Å²) >= 11 is 0. The molecule has 0 saturated carbocycles. The van der Waals surface area contributed by atoms with Crippen LogP contribution in [0.15, 0.2) is 97.2 Å². The number of nitrogens with zero attached hydrogens (tertiary/aromatic N) is 1. The number of carboxylic acid groups (broad SMARTS) is 1. The van der Waals surface area contributed by atoms with Crippen molar-refractivity contribution in [3.05, 3.63) is 108 Å². The van der Waals surface area contributed by atoms with Crippen molar-refractivity contribution in [1.82, 2.24) is 10.3 Å². The van der Waals surface area contributed by atoms with E-state index in [-0.39, 0.29) is 18.2 Å². The maximum atomic E-state index is 12.6. The number of hydrogen-bond donors (Lipinski definition) is 2. The molecule has 1 aromatic heterocycles. The predicted octanol–water partition coefficient (Wildman–Crippen LogP) is 7.27. The summed E-state index contributed by atoms with van der Waals surface area (Å²) in [4.78, 5) is 28.6. The molecule has 1 amide bonds. The van der Waals surface area contributed by atoms with Crippen molar-refractivity contribution < 1.29 is 24.2 Å². The molecule has 0 radical (unpaired) electrons. The lowest BCUT2D eigenvalue weighted by Crippen LogP contribution is -2.43. The van der Waals surface area contributed by atoms with Crippen LogP contribution in [0.3, 0.4) is 0 Å². The first-order valence-electron chi connectivity index (χ1n) is 13.5. The molecule has 0 unspecified atom stereocenters. The van der Waals surface area contributed by atoms with Gasteiger partial charge in [0.25, 0.3) is 0 Å². The van der Waals surface area contributed by atoms with Gasteiger partial charge in [-0.2, -0.15) is 0 Å². The number of carboxylic acids is 1. The number of pyridine rings is 1. The van der Waals surface area contributed by atoms with Gasteiger partial charge in [-0.3, -0.25) is 4.98 Å². The SMILES string of the molecule is CC(C)(C)OC(=O)N[C@H](COc1ccc(-c2ccc3nccc(C(=O)O)c3c2)cc1)Cc1ccc2ccccc2c1. The first kappa shape index (κ1) is 27.6. The second-order valence-electron chi connectivity index (χ2n) is 11.0. The lowest BCUT2D eigenvalue weighted by molar-refractivity contribution is 0.0487. The Hall–Kier alpha value is -4.91. The van der Waals surface area contributed by atoms with Crippen molar-refractivity contribution in [2.45, 2.75) is 38.8 Å². The number of aromatic carboxylic acids is 1. The van der Waals surface area contributed by atoms with E-state index in [1.54, 1.807) is 0 Å². The number of alkyl carbamates (subject to hydrolysis) is 1. The van der Waals surface area contributed by atoms with Gasteiger partial charge in [0.1, 0.15) is 18.0 Å². The molecule has 0 bridgehead atoms. The van der Waals surface area contributed by atoms with Gasteiger partial charge in [0.2, 0.25) is 0 Å². The summed E-state index contributed by atoms with van der Waals surface area (Å²) in [6, 6.07) is 28.8. The van der Waals surface area contributed by atoms with Gasteiger partial charge in [0.15, 0.2) is 0 Å². The lowest BCUT2D eigenvalue weighted by Gasteiger charge is -2.24. The van der Waals surface area contributed by atoms with Crippen LogP contribution in [-0.2, 0) is 11.2 Å². The van der Waals surface area contributed by atoms with Crippen molar-refractivity contribution in [2.75, 3.05) is 6.61 Å². The third-order valence-corrected chi connectivity index (χ3v) is 6.63. The summed E-state index contributed by atoms with van der Waals surface area (Å²) in [7, 11) is 0. The molecular weight excluding hydrogens is 516 g/mol. The number of fused-ring (bicyclic) bond motifs is 2. The molecule has 7 heteroatoms. The summed E-state index contributed by atoms with van der Waals surface area (Å²) in [5, 5.41) is 15.4. The van der Waals surface area contributed by atoms with Crippen molar-refractivity contribution in [3.8, 4) is 16.9 Å². The highest BCUT2D eigenvalue weighted by atomic mass is 16.6. The van der Waals surface area contributed by atoms with Gasteiger partial charge in [-0.15, -0.1) is 0 Å². The Bertz CT molecular complexity index is 1710. The van der Waals surface area contributed by atoms with Crippen LogP contribution in [0.1, 0.15) is 36.7 Å². The molecule has 1 atom stereocenters. The molecule has 4 aromatic carbocycles. The van der Waals surface area contributed by atoms with Crippen molar-refractivity contribution >= 4 is 33.7 Å². The zero-order valence-electron chi connectivity index (χ0n) is 23.3. The largest absolute Gasteiger partial charge is 0.491 e. The molecule has 5 aromatic rings. The van der Waals surface area contributed by atoms with Crippen LogP contribution in [0.2, 0.25) is 0 Å². The van der Waals surface area contributed by atoms with Crippen molar-refractivity contribution in [1.29, 1.82) is 0 Å². The van der Waals surface area contributed by atoms with Crippen molar-refractivity contribution in [3.63, 3.8) is 0 Å². The molecule has 2 N–H and O–H groups in total. The van der Waals surface area contributed by atoms with Crippen LogP contribution >= 0.6 is 0 Å². The number of aromatic nitrogens is 1. The fourth-order valence-corrected chi connectivity index (χ4v) is 4.73. The molecule has 41 heavy (non-hydrogen) atoms. The maximum Gasteiger partial charge on any atom is 0.408 e. The molecular formula is C34H32N2O5. The minimum atomic E-state index is -0.989. The fourth-order valence-electron chi connectivity index (χ4n) is 4.73. The average molecular weight is 549 g/mol. The van der Waals surface area contributed by atoms with E-state index in [1.165, 1.54) is 12.3 Å². The van der Waals surface area contributed by atoms with E-state index in [4.69, 9.17) is 9.47 Å². The summed E-state index contributed by atoms with van der Waals surface area (Å²) in [6.45, 7) is 5.74. The van der Waals surface area contributed by atoms with Crippen LogP contribution in [0.4, 0.5) is 4.79 Å². The quantitative estimate of drug-likeness (QED) is 0.212. The molecule has 0 aliphatic carbocycles. The van der Waals surface area contributed by atoms with E-state index in [2.05, 4.69) is 40.6 Å². The summed E-state index contributed by atoms with van der Waals surface area (Å²) in [6.07, 6.45) is 1.58. The zero-order valence-corrected chi connectivity index (χ0v) is 23.3. The summed E-state index contributed by atoms with van der Waals surface area (Å²) in [5.74, 6) is -0.339. The molecule has 7 nitrogen and oxygen atoms in total. The van der Waals surface area contributed by atoms with Gasteiger partial charge in [0.05, 0.1) is 17.1 Å².